The summed E-state index contributed by atoms with van der Waals surface area (Å²) in [6, 6.07) is 0. The SMILES string of the molecule is CCOCCN(CC)CCCC(C)(C)C(=O)O. The van der Waals surface area contributed by atoms with Crippen LogP contribution in [0.5, 0.6) is 0 Å². The molecule has 0 unspecified atom stereocenters. The van der Waals surface area contributed by atoms with Gasteiger partial charge in [0.2, 0.25) is 0 Å². The molecule has 17 heavy (non-hydrogen) atoms. The Bertz CT molecular complexity index is 217. The van der Waals surface area contributed by atoms with Crippen LogP contribution in [-0.2, 0) is 9.53 Å². The maximum Gasteiger partial charge on any atom is 0.309 e. The topological polar surface area (TPSA) is 49.8 Å². The minimum atomic E-state index is -0.713. The quantitative estimate of drug-likeness (QED) is 0.600. The van der Waals surface area contributed by atoms with Crippen LogP contribution in [-0.4, -0.2) is 48.8 Å². The van der Waals surface area contributed by atoms with Gasteiger partial charge in [0.25, 0.3) is 0 Å². The average Bonchev–Trinajstić information content (AvgIpc) is 2.26. The van der Waals surface area contributed by atoms with Gasteiger partial charge in [-0.2, -0.15) is 0 Å². The van der Waals surface area contributed by atoms with Gasteiger partial charge in [0.15, 0.2) is 0 Å². The van der Waals surface area contributed by atoms with Crippen molar-refractivity contribution in [1.29, 1.82) is 0 Å². The second-order valence-corrected chi connectivity index (χ2v) is 4.92. The molecule has 4 heteroatoms. The molecule has 0 amide bonds. The van der Waals surface area contributed by atoms with Crippen LogP contribution in [0.2, 0.25) is 0 Å². The van der Waals surface area contributed by atoms with E-state index in [9.17, 15) is 4.79 Å². The van der Waals surface area contributed by atoms with Crippen LogP contribution in [0.1, 0.15) is 40.5 Å². The molecular formula is C13H27NO3. The summed E-state index contributed by atoms with van der Waals surface area (Å²) >= 11 is 0. The third-order valence-electron chi connectivity index (χ3n) is 3.06. The van der Waals surface area contributed by atoms with Crippen LogP contribution in [0.3, 0.4) is 0 Å². The Labute approximate surface area is 105 Å². The van der Waals surface area contributed by atoms with E-state index in [1.165, 1.54) is 0 Å². The molecule has 0 saturated carbocycles. The largest absolute Gasteiger partial charge is 0.481 e. The van der Waals surface area contributed by atoms with Gasteiger partial charge in [-0.05, 0) is 46.7 Å². The van der Waals surface area contributed by atoms with Crippen molar-refractivity contribution in [3.8, 4) is 0 Å². The maximum absolute atomic E-state index is 10.9. The van der Waals surface area contributed by atoms with Gasteiger partial charge in [-0.1, -0.05) is 6.92 Å². The highest BCUT2D eigenvalue weighted by Crippen LogP contribution is 2.22. The summed E-state index contributed by atoms with van der Waals surface area (Å²) in [5, 5.41) is 9.00. The Kier molecular flexibility index (Phi) is 8.17. The first-order valence-electron chi connectivity index (χ1n) is 6.47. The predicted octanol–water partition coefficient (Wildman–Crippen LogP) is 2.24. The van der Waals surface area contributed by atoms with Crippen molar-refractivity contribution >= 4 is 5.97 Å². The number of likely N-dealkylation sites (N-methyl/N-ethyl adjacent to an activating group) is 1. The normalized spacial score (nSPS) is 12.1. The summed E-state index contributed by atoms with van der Waals surface area (Å²) in [5.74, 6) is -0.713. The maximum atomic E-state index is 10.9. The summed E-state index contributed by atoms with van der Waals surface area (Å²) in [5.41, 5.74) is -0.612. The molecule has 0 saturated heterocycles. The fraction of sp³-hybridized carbons (Fsp3) is 0.923. The Morgan fingerprint density at radius 2 is 1.94 bits per heavy atom. The van der Waals surface area contributed by atoms with Crippen LogP contribution in [0.4, 0.5) is 0 Å². The van der Waals surface area contributed by atoms with Crippen molar-refractivity contribution in [1.82, 2.24) is 4.90 Å². The smallest absolute Gasteiger partial charge is 0.309 e. The highest BCUT2D eigenvalue weighted by atomic mass is 16.5. The zero-order valence-corrected chi connectivity index (χ0v) is 11.7. The summed E-state index contributed by atoms with van der Waals surface area (Å²) in [7, 11) is 0. The van der Waals surface area contributed by atoms with E-state index < -0.39 is 11.4 Å². The van der Waals surface area contributed by atoms with Gasteiger partial charge in [0.1, 0.15) is 0 Å². The molecule has 1 N–H and O–H groups in total. The lowest BCUT2D eigenvalue weighted by molar-refractivity contribution is -0.147. The molecule has 4 nitrogen and oxygen atoms in total. The van der Waals surface area contributed by atoms with E-state index in [0.717, 1.165) is 39.3 Å². The van der Waals surface area contributed by atoms with Gasteiger partial charge in [0, 0.05) is 13.2 Å². The Balaban J connectivity index is 3.80. The van der Waals surface area contributed by atoms with Crippen molar-refractivity contribution in [3.05, 3.63) is 0 Å². The number of carbonyl (C=O) groups is 1. The molecule has 0 aliphatic carbocycles. The molecule has 0 heterocycles. The number of ether oxygens (including phenoxy) is 1. The van der Waals surface area contributed by atoms with Gasteiger partial charge in [-0.25, -0.2) is 0 Å². The summed E-state index contributed by atoms with van der Waals surface area (Å²) in [4.78, 5) is 13.2. The number of hydrogen-bond donors (Lipinski definition) is 1. The van der Waals surface area contributed by atoms with Crippen LogP contribution in [0, 0.1) is 5.41 Å². The number of carboxylic acid groups (broad SMARTS) is 1. The monoisotopic (exact) mass is 245 g/mol. The Morgan fingerprint density at radius 1 is 1.29 bits per heavy atom. The lowest BCUT2D eigenvalue weighted by Gasteiger charge is -2.23. The van der Waals surface area contributed by atoms with E-state index in [1.807, 2.05) is 6.92 Å². The first kappa shape index (κ1) is 16.4. The lowest BCUT2D eigenvalue weighted by Crippen LogP contribution is -2.30. The first-order chi connectivity index (χ1) is 7.94. The van der Waals surface area contributed by atoms with Gasteiger partial charge in [0.05, 0.1) is 12.0 Å². The van der Waals surface area contributed by atoms with Crippen LogP contribution >= 0.6 is 0 Å². The molecule has 0 aromatic rings. The summed E-state index contributed by atoms with van der Waals surface area (Å²) in [6.07, 6.45) is 1.63. The van der Waals surface area contributed by atoms with Gasteiger partial charge < -0.3 is 14.7 Å². The molecule has 0 fully saturated rings. The minimum absolute atomic E-state index is 0.612. The van der Waals surface area contributed by atoms with E-state index >= 15 is 0 Å². The van der Waals surface area contributed by atoms with Gasteiger partial charge >= 0.3 is 5.97 Å². The van der Waals surface area contributed by atoms with Gasteiger partial charge in [-0.15, -0.1) is 0 Å². The fourth-order valence-corrected chi connectivity index (χ4v) is 1.62. The van der Waals surface area contributed by atoms with E-state index in [0.29, 0.717) is 6.42 Å². The van der Waals surface area contributed by atoms with Crippen molar-refractivity contribution in [2.24, 2.45) is 5.41 Å². The average molecular weight is 245 g/mol. The number of carboxylic acids is 1. The molecule has 0 spiro atoms. The van der Waals surface area contributed by atoms with Crippen LogP contribution < -0.4 is 0 Å². The zero-order valence-electron chi connectivity index (χ0n) is 11.7. The highest BCUT2D eigenvalue weighted by molar-refractivity contribution is 5.73. The lowest BCUT2D eigenvalue weighted by atomic mass is 9.88. The van der Waals surface area contributed by atoms with E-state index in [2.05, 4.69) is 11.8 Å². The summed E-state index contributed by atoms with van der Waals surface area (Å²) in [6.45, 7) is 12.0. The standard InChI is InChI=1S/C13H27NO3/c1-5-14(10-11-17-6-2)9-7-8-13(3,4)12(15)16/h5-11H2,1-4H3,(H,15,16). The van der Waals surface area contributed by atoms with Crippen LogP contribution in [0.25, 0.3) is 0 Å². The Hall–Kier alpha value is -0.610. The number of nitrogens with zero attached hydrogens (tertiary/aromatic N) is 1. The van der Waals surface area contributed by atoms with Crippen molar-refractivity contribution < 1.29 is 14.6 Å². The third kappa shape index (κ3) is 7.34. The van der Waals surface area contributed by atoms with Crippen molar-refractivity contribution in [3.63, 3.8) is 0 Å². The minimum Gasteiger partial charge on any atom is -0.481 e. The second kappa shape index (κ2) is 8.48. The molecule has 0 radical (unpaired) electrons. The molecule has 0 aliphatic rings. The molecule has 0 aromatic carbocycles. The molecule has 0 aromatic heterocycles. The fourth-order valence-electron chi connectivity index (χ4n) is 1.62. The second-order valence-electron chi connectivity index (χ2n) is 4.92. The zero-order chi connectivity index (χ0) is 13.3. The highest BCUT2D eigenvalue weighted by Gasteiger charge is 2.26. The van der Waals surface area contributed by atoms with Crippen molar-refractivity contribution in [2.45, 2.75) is 40.5 Å². The Morgan fingerprint density at radius 3 is 2.41 bits per heavy atom. The molecule has 0 atom stereocenters. The van der Waals surface area contributed by atoms with Crippen molar-refractivity contribution in [2.75, 3.05) is 32.8 Å². The molecular weight excluding hydrogens is 218 g/mol. The van der Waals surface area contributed by atoms with E-state index in [1.54, 1.807) is 13.8 Å². The van der Waals surface area contributed by atoms with E-state index in [-0.39, 0.29) is 0 Å². The molecule has 102 valence electrons. The van der Waals surface area contributed by atoms with Crippen LogP contribution in [0.15, 0.2) is 0 Å². The number of hydrogen-bond acceptors (Lipinski definition) is 3. The molecule has 0 rings (SSSR count). The molecule has 0 aliphatic heterocycles. The van der Waals surface area contributed by atoms with E-state index in [4.69, 9.17) is 9.84 Å². The summed E-state index contributed by atoms with van der Waals surface area (Å²) < 4.78 is 5.32. The first-order valence-corrected chi connectivity index (χ1v) is 6.47. The predicted molar refractivity (Wildman–Crippen MR) is 69.3 cm³/mol. The van der Waals surface area contributed by atoms with Gasteiger partial charge in [-0.3, -0.25) is 4.79 Å². The number of aliphatic carboxylic acids is 1. The molecule has 0 bridgehead atoms. The number of rotatable bonds is 10. The third-order valence-corrected chi connectivity index (χ3v) is 3.06.